The van der Waals surface area contributed by atoms with E-state index in [0.29, 0.717) is 18.3 Å². The largest absolute Gasteiger partial charge is 0.390 e. The topological polar surface area (TPSA) is 116 Å². The Kier molecular flexibility index (Phi) is 11.0. The molecule has 8 nitrogen and oxygen atoms in total. The SMILES string of the molecule is C[C@H](CS(=O)(=O)I)C(=O)N[C@@H](Cc1ccccc1)[C@H](O)CN1C[C@H]2CCCC[C@H]2C[C@H]1C(=O)NC(C)(C)C. The van der Waals surface area contributed by atoms with Gasteiger partial charge in [-0.1, -0.05) is 56.5 Å². The van der Waals surface area contributed by atoms with Gasteiger partial charge in [0.25, 0.3) is 0 Å². The second-order valence-corrected chi connectivity index (χ2v) is 17.7. The van der Waals surface area contributed by atoms with Crippen molar-refractivity contribution in [1.29, 1.82) is 0 Å². The van der Waals surface area contributed by atoms with E-state index in [-0.39, 0.29) is 29.8 Å². The highest BCUT2D eigenvalue weighted by atomic mass is 127. The Morgan fingerprint density at radius 2 is 1.76 bits per heavy atom. The van der Waals surface area contributed by atoms with E-state index in [1.807, 2.05) is 51.1 Å². The van der Waals surface area contributed by atoms with Gasteiger partial charge >= 0.3 is 0 Å². The molecule has 1 aliphatic heterocycles. The molecule has 0 unspecified atom stereocenters. The molecule has 1 saturated carbocycles. The highest BCUT2D eigenvalue weighted by molar-refractivity contribution is 14.2. The molecule has 3 rings (SSSR count). The Hall–Kier alpha value is -1.24. The fourth-order valence-corrected chi connectivity index (χ4v) is 8.21. The quantitative estimate of drug-likeness (QED) is 0.262. The number of aliphatic hydroxyl groups is 1. The zero-order valence-corrected chi connectivity index (χ0v) is 26.0. The summed E-state index contributed by atoms with van der Waals surface area (Å²) in [4.78, 5) is 28.5. The lowest BCUT2D eigenvalue weighted by Crippen LogP contribution is -2.60. The molecule has 1 aromatic rings. The first-order valence-electron chi connectivity index (χ1n) is 13.7. The average molecular weight is 662 g/mol. The van der Waals surface area contributed by atoms with E-state index in [1.54, 1.807) is 6.92 Å². The number of fused-ring (bicyclic) bond motifs is 1. The maximum Gasteiger partial charge on any atom is 0.237 e. The van der Waals surface area contributed by atoms with Gasteiger partial charge in [0.2, 0.25) is 18.8 Å². The standard InChI is InChI=1S/C28H44IN3O5S/c1-19(18-38(29,36)37)26(34)30-23(14-20-10-6-5-7-11-20)25(33)17-32-16-22-13-9-8-12-21(22)15-24(32)27(35)31-28(2,3)4/h5-7,10-11,19,21-25,33H,8-9,12-18H2,1-4H3,(H,30,34)(H,31,35)/t19-,21+,22-,23+,24+,25-/m1/s1. The number of halogens is 1. The van der Waals surface area contributed by atoms with Crippen molar-refractivity contribution in [3.63, 3.8) is 0 Å². The molecule has 2 amide bonds. The van der Waals surface area contributed by atoms with Crippen molar-refractivity contribution in [1.82, 2.24) is 15.5 Å². The van der Waals surface area contributed by atoms with Crippen LogP contribution in [0, 0.1) is 17.8 Å². The first-order valence-corrected chi connectivity index (χ1v) is 17.9. The second kappa shape index (κ2) is 13.4. The van der Waals surface area contributed by atoms with Gasteiger partial charge in [0, 0.05) is 24.5 Å². The van der Waals surface area contributed by atoms with Crippen molar-refractivity contribution in [2.24, 2.45) is 17.8 Å². The van der Waals surface area contributed by atoms with E-state index < -0.39 is 31.0 Å². The van der Waals surface area contributed by atoms with E-state index in [1.165, 1.54) is 34.0 Å². The average Bonchev–Trinajstić information content (AvgIpc) is 2.81. The number of hydrogen-bond acceptors (Lipinski definition) is 6. The van der Waals surface area contributed by atoms with Crippen molar-refractivity contribution in [3.05, 3.63) is 35.9 Å². The number of piperidine rings is 1. The van der Waals surface area contributed by atoms with Crippen LogP contribution in [0.2, 0.25) is 0 Å². The molecule has 1 saturated heterocycles. The number of hydrogen-bond donors (Lipinski definition) is 3. The number of carbonyl (C=O) groups is 2. The lowest BCUT2D eigenvalue weighted by Gasteiger charge is -2.47. The maximum atomic E-state index is 13.4. The van der Waals surface area contributed by atoms with Crippen LogP contribution in [0.5, 0.6) is 0 Å². The summed E-state index contributed by atoms with van der Waals surface area (Å²) in [6.45, 7) is 8.50. The third-order valence-electron chi connectivity index (χ3n) is 7.71. The Balaban J connectivity index is 1.80. The minimum Gasteiger partial charge on any atom is -0.390 e. The number of benzene rings is 1. The van der Waals surface area contributed by atoms with Gasteiger partial charge in [0.05, 0.1) is 45.1 Å². The van der Waals surface area contributed by atoms with Gasteiger partial charge in [-0.2, -0.15) is 0 Å². The molecule has 1 heterocycles. The van der Waals surface area contributed by atoms with Gasteiger partial charge in [-0.05, 0) is 57.4 Å². The zero-order chi connectivity index (χ0) is 28.1. The fourth-order valence-electron chi connectivity index (χ4n) is 5.85. The van der Waals surface area contributed by atoms with Crippen LogP contribution < -0.4 is 10.6 Å². The summed E-state index contributed by atoms with van der Waals surface area (Å²) < 4.78 is 23.5. The number of rotatable bonds is 10. The van der Waals surface area contributed by atoms with Gasteiger partial charge in [-0.25, -0.2) is 8.42 Å². The molecular formula is C28H44IN3O5S. The van der Waals surface area contributed by atoms with Gasteiger partial charge in [0.15, 0.2) is 0 Å². The normalized spacial score (nSPS) is 25.1. The molecule has 0 spiro atoms. The Labute approximate surface area is 240 Å². The number of amides is 2. The number of β-amino-alcohol motifs (C(OH)–C–C–N with tert-alkyl or cyclic N) is 1. The molecule has 0 bridgehead atoms. The molecule has 0 radical (unpaired) electrons. The smallest absolute Gasteiger partial charge is 0.237 e. The third kappa shape index (κ3) is 9.75. The first kappa shape index (κ1) is 31.3. The van der Waals surface area contributed by atoms with E-state index in [9.17, 15) is 23.1 Å². The second-order valence-electron chi connectivity index (χ2n) is 12.2. The van der Waals surface area contributed by atoms with Crippen LogP contribution >= 0.6 is 21.2 Å². The summed E-state index contributed by atoms with van der Waals surface area (Å²) >= 11 is 1.36. The number of likely N-dealkylation sites (tertiary alicyclic amines) is 1. The number of aliphatic hydroxyl groups excluding tert-OH is 1. The van der Waals surface area contributed by atoms with Crippen molar-refractivity contribution in [2.45, 2.75) is 89.9 Å². The van der Waals surface area contributed by atoms with Gasteiger partial charge in [-0.15, -0.1) is 0 Å². The van der Waals surface area contributed by atoms with Crippen LogP contribution in [-0.4, -0.2) is 72.8 Å². The predicted octanol–water partition coefficient (Wildman–Crippen LogP) is 3.27. The maximum absolute atomic E-state index is 13.4. The van der Waals surface area contributed by atoms with Gasteiger partial charge in [-0.3, -0.25) is 14.5 Å². The predicted molar refractivity (Wildman–Crippen MR) is 158 cm³/mol. The van der Waals surface area contributed by atoms with Crippen LogP contribution in [0.3, 0.4) is 0 Å². The highest BCUT2D eigenvalue weighted by Crippen LogP contribution is 2.39. The summed E-state index contributed by atoms with van der Waals surface area (Å²) in [5.74, 6) is -0.408. The minimum atomic E-state index is -3.36. The van der Waals surface area contributed by atoms with Crippen LogP contribution in [-0.2, 0) is 23.0 Å². The molecular weight excluding hydrogens is 617 g/mol. The van der Waals surface area contributed by atoms with Crippen LogP contribution in [0.25, 0.3) is 0 Å². The number of carbonyl (C=O) groups excluding carboxylic acids is 2. The number of nitrogens with zero attached hydrogens (tertiary/aromatic N) is 1. The van der Waals surface area contributed by atoms with Gasteiger partial charge in [0.1, 0.15) is 0 Å². The lowest BCUT2D eigenvalue weighted by atomic mass is 9.72. The Bertz CT molecular complexity index is 1050. The monoisotopic (exact) mass is 661 g/mol. The van der Waals surface area contributed by atoms with Crippen LogP contribution in [0.15, 0.2) is 30.3 Å². The molecule has 2 fully saturated rings. The Morgan fingerprint density at radius 3 is 2.37 bits per heavy atom. The van der Waals surface area contributed by atoms with Crippen molar-refractivity contribution >= 4 is 40.0 Å². The first-order chi connectivity index (χ1) is 17.7. The minimum absolute atomic E-state index is 0.0155. The summed E-state index contributed by atoms with van der Waals surface area (Å²) in [6.07, 6.45) is 4.92. The third-order valence-corrected chi connectivity index (χ3v) is 9.69. The van der Waals surface area contributed by atoms with E-state index in [4.69, 9.17) is 0 Å². The van der Waals surface area contributed by atoms with Crippen molar-refractivity contribution in [3.8, 4) is 0 Å². The summed E-state index contributed by atoms with van der Waals surface area (Å²) in [5, 5.41) is 17.6. The van der Waals surface area contributed by atoms with E-state index in [0.717, 1.165) is 31.4 Å². The van der Waals surface area contributed by atoms with E-state index in [2.05, 4.69) is 15.5 Å². The molecule has 3 N–H and O–H groups in total. The molecule has 2 aliphatic rings. The van der Waals surface area contributed by atoms with Crippen LogP contribution in [0.1, 0.15) is 65.4 Å². The summed E-state index contributed by atoms with van der Waals surface area (Å²) in [5.41, 5.74) is 0.600. The Morgan fingerprint density at radius 1 is 1.13 bits per heavy atom. The van der Waals surface area contributed by atoms with Crippen molar-refractivity contribution in [2.75, 3.05) is 18.8 Å². The lowest BCUT2D eigenvalue weighted by molar-refractivity contribution is -0.133. The number of nitrogens with one attached hydrogen (secondary N) is 2. The summed E-state index contributed by atoms with van der Waals surface area (Å²) in [7, 11) is -3.36. The van der Waals surface area contributed by atoms with Crippen LogP contribution in [0.4, 0.5) is 0 Å². The molecule has 214 valence electrons. The fraction of sp³-hybridized carbons (Fsp3) is 0.714. The van der Waals surface area contributed by atoms with Crippen molar-refractivity contribution < 1.29 is 23.1 Å². The molecule has 1 aliphatic carbocycles. The van der Waals surface area contributed by atoms with Gasteiger partial charge < -0.3 is 15.7 Å². The molecule has 10 heteroatoms. The summed E-state index contributed by atoms with van der Waals surface area (Å²) in [6, 6.07) is 8.65. The molecule has 38 heavy (non-hydrogen) atoms. The van der Waals surface area contributed by atoms with E-state index >= 15 is 0 Å². The zero-order valence-electron chi connectivity index (χ0n) is 23.0. The molecule has 0 aromatic heterocycles. The molecule has 6 atom stereocenters. The highest BCUT2D eigenvalue weighted by Gasteiger charge is 2.41. The molecule has 1 aromatic carbocycles.